The van der Waals surface area contributed by atoms with Crippen LogP contribution in [0.5, 0.6) is 0 Å². The molecule has 11 rings (SSSR count). The van der Waals surface area contributed by atoms with Crippen molar-refractivity contribution in [1.29, 1.82) is 0 Å². The Hall–Kier alpha value is -6.50. The van der Waals surface area contributed by atoms with Crippen molar-refractivity contribution >= 4 is 49.2 Å². The molecular weight excluding hydrogens is 731 g/mol. The molecule has 0 amide bonds. The first kappa shape index (κ1) is 36.6. The lowest BCUT2D eigenvalue weighted by atomic mass is 9.78. The maximum absolute atomic E-state index is 7.17. The average molecular weight is 780 g/mol. The molecule has 2 aliphatic carbocycles. The molecule has 2 atom stereocenters. The van der Waals surface area contributed by atoms with E-state index >= 15 is 0 Å². The first-order valence-electron chi connectivity index (χ1n) is 21.3. The van der Waals surface area contributed by atoms with Crippen LogP contribution in [-0.2, 0) is 12.0 Å². The van der Waals surface area contributed by atoms with Gasteiger partial charge < -0.3 is 14.9 Å². The summed E-state index contributed by atoms with van der Waals surface area (Å²) in [5, 5.41) is 8.92. The highest BCUT2D eigenvalue weighted by Gasteiger charge is 2.39. The number of fused-ring (bicyclic) bond motifs is 8. The van der Waals surface area contributed by atoms with Gasteiger partial charge in [-0.2, -0.15) is 0 Å². The maximum Gasteiger partial charge on any atom is 0.0875 e. The monoisotopic (exact) mass is 779 g/mol. The van der Waals surface area contributed by atoms with Crippen molar-refractivity contribution in [3.8, 4) is 11.4 Å². The molecule has 294 valence electrons. The minimum Gasteiger partial charge on any atom is -0.312 e. The van der Waals surface area contributed by atoms with Crippen molar-refractivity contribution in [1.82, 2.24) is 19.4 Å². The highest BCUT2D eigenvalue weighted by atomic mass is 15.3. The molecule has 0 spiro atoms. The van der Waals surface area contributed by atoms with Gasteiger partial charge in [0.05, 0.1) is 34.4 Å². The van der Waals surface area contributed by atoms with Gasteiger partial charge in [-0.25, -0.2) is 0 Å². The van der Waals surface area contributed by atoms with Gasteiger partial charge >= 0.3 is 0 Å². The third-order valence-electron chi connectivity index (χ3n) is 13.3. The van der Waals surface area contributed by atoms with E-state index in [9.17, 15) is 0 Å². The molecule has 0 radical (unpaired) electrons. The highest BCUT2D eigenvalue weighted by molar-refractivity contribution is 6.19. The quantitative estimate of drug-likeness (QED) is 0.143. The Bertz CT molecular complexity index is 3150. The molecule has 0 saturated heterocycles. The fourth-order valence-corrected chi connectivity index (χ4v) is 10.3. The van der Waals surface area contributed by atoms with Crippen LogP contribution in [0.15, 0.2) is 187 Å². The van der Waals surface area contributed by atoms with Gasteiger partial charge in [-0.1, -0.05) is 141 Å². The van der Waals surface area contributed by atoms with E-state index in [1.165, 1.54) is 94.0 Å². The first-order chi connectivity index (χ1) is 29.3. The molecule has 2 aliphatic rings. The van der Waals surface area contributed by atoms with Crippen LogP contribution in [0.2, 0.25) is 0 Å². The zero-order chi connectivity index (χ0) is 40.5. The van der Waals surface area contributed by atoms with Gasteiger partial charge in [-0.15, -0.1) is 0 Å². The summed E-state index contributed by atoms with van der Waals surface area (Å²) in [5.41, 5.74) is 23.5. The van der Waals surface area contributed by atoms with Crippen molar-refractivity contribution < 1.29 is 0 Å². The summed E-state index contributed by atoms with van der Waals surface area (Å²) in [5.74, 6) is 0. The van der Waals surface area contributed by atoms with Gasteiger partial charge in [0.2, 0.25) is 0 Å². The Morgan fingerprint density at radius 2 is 1.18 bits per heavy atom. The van der Waals surface area contributed by atoms with Crippen LogP contribution in [0, 0.1) is 0 Å². The van der Waals surface area contributed by atoms with Crippen LogP contribution in [0.25, 0.3) is 60.6 Å². The molecule has 7 aromatic carbocycles. The summed E-state index contributed by atoms with van der Waals surface area (Å²) in [6.07, 6.45) is 3.98. The number of hydrogen-bond acceptors (Lipinski definition) is 3. The van der Waals surface area contributed by atoms with Crippen molar-refractivity contribution in [2.45, 2.75) is 51.0 Å². The summed E-state index contributed by atoms with van der Waals surface area (Å²) in [4.78, 5) is 2.36. The van der Waals surface area contributed by atoms with Gasteiger partial charge in [-0.3, -0.25) is 10.2 Å². The molecule has 2 heterocycles. The van der Waals surface area contributed by atoms with Crippen LogP contribution < -0.4 is 11.1 Å². The largest absolute Gasteiger partial charge is 0.312 e. The minimum absolute atomic E-state index is 0.0459. The van der Waals surface area contributed by atoms with Crippen LogP contribution in [-0.4, -0.2) is 27.2 Å². The topological polar surface area (TPSA) is 51.1 Å². The molecule has 2 unspecified atom stereocenters. The Labute approximate surface area is 351 Å². The normalized spacial score (nSPS) is 15.8. The zero-order valence-corrected chi connectivity index (χ0v) is 34.4. The van der Waals surface area contributed by atoms with Crippen LogP contribution in [0.3, 0.4) is 0 Å². The fourth-order valence-electron chi connectivity index (χ4n) is 10.3. The number of para-hydroxylation sites is 3. The molecule has 3 N–H and O–H groups in total. The average Bonchev–Trinajstić information content (AvgIpc) is 3.87. The Kier molecular flexibility index (Phi) is 8.75. The van der Waals surface area contributed by atoms with E-state index in [4.69, 9.17) is 5.73 Å². The molecule has 0 aliphatic heterocycles. The van der Waals surface area contributed by atoms with Crippen LogP contribution in [0.1, 0.15) is 55.1 Å². The predicted octanol–water partition coefficient (Wildman–Crippen LogP) is 12.4. The first-order valence-corrected chi connectivity index (χ1v) is 21.3. The summed E-state index contributed by atoms with van der Waals surface area (Å²) in [6.45, 7) is 5.60. The number of rotatable bonds is 9. The van der Waals surface area contributed by atoms with Crippen LogP contribution in [0.4, 0.5) is 0 Å². The van der Waals surface area contributed by atoms with Gasteiger partial charge in [0.25, 0.3) is 0 Å². The maximum atomic E-state index is 7.17. The molecule has 0 fully saturated rings. The zero-order valence-electron chi connectivity index (χ0n) is 34.4. The van der Waals surface area contributed by atoms with Crippen molar-refractivity contribution in [2.24, 2.45) is 5.73 Å². The van der Waals surface area contributed by atoms with E-state index in [1.807, 2.05) is 0 Å². The Morgan fingerprint density at radius 3 is 1.85 bits per heavy atom. The smallest absolute Gasteiger partial charge is 0.0875 e. The van der Waals surface area contributed by atoms with Crippen molar-refractivity contribution in [3.63, 3.8) is 0 Å². The molecule has 5 nitrogen and oxygen atoms in total. The van der Waals surface area contributed by atoms with E-state index in [0.29, 0.717) is 0 Å². The summed E-state index contributed by atoms with van der Waals surface area (Å²) < 4.78 is 4.91. The molecule has 2 aromatic heterocycles. The van der Waals surface area contributed by atoms with Gasteiger partial charge in [0.1, 0.15) is 0 Å². The standard InChI is InChI=1S/C55H49N5/c1-55(2)47-31-38(53(56)57-54(37-19-9-5-10-20-37)58(3)35-36-17-7-4-8-18-36)27-29-41(47)42-30-28-40(32-48(42)55)60-50-26-16-14-24-44(50)46-33-45-43-23-13-15-25-49(43)59(51(45)34-52(46)60)39-21-11-6-12-22-39/h4-26,28,30-34,53-54,57H,27,29,35,56H2,1-3H3. The lowest BCUT2D eigenvalue weighted by Crippen LogP contribution is -2.47. The van der Waals surface area contributed by atoms with Crippen LogP contribution >= 0.6 is 0 Å². The number of nitrogens with zero attached hydrogens (tertiary/aromatic N) is 3. The van der Waals surface area contributed by atoms with E-state index in [-0.39, 0.29) is 17.7 Å². The molecule has 0 saturated carbocycles. The number of nitrogens with two attached hydrogens (primary N) is 1. The van der Waals surface area contributed by atoms with E-state index in [2.05, 4.69) is 216 Å². The second-order valence-corrected chi connectivity index (χ2v) is 17.3. The third kappa shape index (κ3) is 5.88. The number of benzene rings is 7. The second kappa shape index (κ2) is 14.4. The molecule has 9 aromatic rings. The lowest BCUT2D eigenvalue weighted by Gasteiger charge is -2.34. The minimum atomic E-state index is -0.293. The van der Waals surface area contributed by atoms with E-state index < -0.39 is 0 Å². The Morgan fingerprint density at radius 1 is 0.600 bits per heavy atom. The van der Waals surface area contributed by atoms with Gasteiger partial charge in [-0.05, 0) is 107 Å². The van der Waals surface area contributed by atoms with Gasteiger partial charge in [0.15, 0.2) is 0 Å². The number of allylic oxidation sites excluding steroid dienone is 3. The summed E-state index contributed by atoms with van der Waals surface area (Å²) >= 11 is 0. The van der Waals surface area contributed by atoms with E-state index in [0.717, 1.165) is 19.4 Å². The Balaban J connectivity index is 0.975. The number of aromatic nitrogens is 2. The molecule has 0 bridgehead atoms. The molecule has 60 heavy (non-hydrogen) atoms. The second-order valence-electron chi connectivity index (χ2n) is 17.3. The third-order valence-corrected chi connectivity index (χ3v) is 13.3. The van der Waals surface area contributed by atoms with Crippen molar-refractivity contribution in [3.05, 3.63) is 209 Å². The van der Waals surface area contributed by atoms with Gasteiger partial charge in [0, 0.05) is 44.9 Å². The molecular formula is C55H49N5. The fraction of sp³-hybridized carbons (Fsp3) is 0.164. The SMILES string of the molecule is CN(Cc1ccccc1)C(NC(N)C1=CC2=C(CC1)c1ccc(-n3c4ccccc4c4cc5c6ccccc6n(-c6ccccc6)c5cc43)cc1C2(C)C)c1ccccc1. The summed E-state index contributed by atoms with van der Waals surface area (Å²) in [7, 11) is 2.18. The number of hydrogen-bond donors (Lipinski definition) is 2. The predicted molar refractivity (Wildman–Crippen MR) is 251 cm³/mol. The van der Waals surface area contributed by atoms with Crippen molar-refractivity contribution in [2.75, 3.05) is 7.05 Å². The summed E-state index contributed by atoms with van der Waals surface area (Å²) in [6, 6.07) is 61.8. The lowest BCUT2D eigenvalue weighted by molar-refractivity contribution is 0.187. The highest BCUT2D eigenvalue weighted by Crippen LogP contribution is 2.52. The molecule has 5 heteroatoms. The van der Waals surface area contributed by atoms with E-state index in [1.54, 1.807) is 0 Å². The number of nitrogens with one attached hydrogen (secondary N) is 1.